The lowest BCUT2D eigenvalue weighted by Gasteiger charge is -2.36. The van der Waals surface area contributed by atoms with Gasteiger partial charge in [0.1, 0.15) is 16.5 Å². The minimum Gasteiger partial charge on any atom is -0.378 e. The first kappa shape index (κ1) is 22.1. The first-order valence-electron chi connectivity index (χ1n) is 11.3. The highest BCUT2D eigenvalue weighted by Gasteiger charge is 2.33. The second-order valence-electron chi connectivity index (χ2n) is 9.19. The number of thioether (sulfide) groups is 1. The average molecular weight is 474 g/mol. The van der Waals surface area contributed by atoms with Crippen molar-refractivity contribution in [1.82, 2.24) is 15.0 Å². The van der Waals surface area contributed by atoms with Crippen LogP contribution in [-0.4, -0.2) is 59.2 Å². The van der Waals surface area contributed by atoms with Gasteiger partial charge in [0.25, 0.3) is 0 Å². The van der Waals surface area contributed by atoms with E-state index in [0.29, 0.717) is 12.6 Å². The molecule has 1 atom stereocenters. The molecular weight excluding hydrogens is 442 g/mol. The molecule has 2 aliphatic rings. The molecule has 5 heterocycles. The fourth-order valence-electron chi connectivity index (χ4n) is 4.40. The Hall–Kier alpha value is -1.68. The summed E-state index contributed by atoms with van der Waals surface area (Å²) in [5.74, 6) is 1.97. The zero-order chi connectivity index (χ0) is 22.5. The van der Waals surface area contributed by atoms with E-state index in [4.69, 9.17) is 24.4 Å². The standard InChI is InChI=1S/C23H31N5O2S2/c1-6-13(2)24-19-18-17(25-22(26-19)31-5)16-14-11-23(3,4)30-12-15(14)20(27-21(16)32-18)28-7-9-29-10-8-28/h13H,6-12H2,1-5H3,(H,24,25,26). The monoisotopic (exact) mass is 473 g/mol. The first-order valence-corrected chi connectivity index (χ1v) is 13.4. The van der Waals surface area contributed by atoms with Crippen LogP contribution in [0.15, 0.2) is 5.16 Å². The van der Waals surface area contributed by atoms with Gasteiger partial charge in [0, 0.05) is 36.5 Å². The van der Waals surface area contributed by atoms with Crippen molar-refractivity contribution in [3.8, 4) is 0 Å². The van der Waals surface area contributed by atoms with Gasteiger partial charge in [-0.1, -0.05) is 18.7 Å². The number of anilines is 2. The Morgan fingerprint density at radius 2 is 1.97 bits per heavy atom. The fraction of sp³-hybridized carbons (Fsp3) is 0.609. The van der Waals surface area contributed by atoms with E-state index in [1.807, 2.05) is 6.26 Å². The van der Waals surface area contributed by atoms with Crippen molar-refractivity contribution in [2.24, 2.45) is 0 Å². The van der Waals surface area contributed by atoms with E-state index in [1.54, 1.807) is 23.1 Å². The predicted molar refractivity (Wildman–Crippen MR) is 133 cm³/mol. The number of hydrogen-bond donors (Lipinski definition) is 1. The van der Waals surface area contributed by atoms with Gasteiger partial charge in [0.15, 0.2) is 5.16 Å². The maximum Gasteiger partial charge on any atom is 0.189 e. The van der Waals surface area contributed by atoms with Crippen LogP contribution in [0.4, 0.5) is 11.6 Å². The zero-order valence-electron chi connectivity index (χ0n) is 19.4. The summed E-state index contributed by atoms with van der Waals surface area (Å²) < 4.78 is 12.9. The van der Waals surface area contributed by atoms with Crippen LogP contribution in [0.5, 0.6) is 0 Å². The SMILES string of the molecule is CCC(C)Nc1nc(SC)nc2c1sc1nc(N3CCOCC3)c3c(c12)CC(C)(C)OC3. The summed E-state index contributed by atoms with van der Waals surface area (Å²) in [4.78, 5) is 18.4. The minimum absolute atomic E-state index is 0.217. The van der Waals surface area contributed by atoms with Gasteiger partial charge >= 0.3 is 0 Å². The number of pyridine rings is 1. The number of morpholine rings is 1. The summed E-state index contributed by atoms with van der Waals surface area (Å²) in [6.07, 6.45) is 3.91. The predicted octanol–water partition coefficient (Wildman–Crippen LogP) is 4.86. The Morgan fingerprint density at radius 3 is 2.69 bits per heavy atom. The molecule has 1 unspecified atom stereocenters. The van der Waals surface area contributed by atoms with Crippen LogP contribution in [0.1, 0.15) is 45.2 Å². The lowest BCUT2D eigenvalue weighted by atomic mass is 9.90. The van der Waals surface area contributed by atoms with Crippen molar-refractivity contribution in [3.05, 3.63) is 11.1 Å². The molecule has 0 radical (unpaired) electrons. The third-order valence-electron chi connectivity index (χ3n) is 6.34. The highest BCUT2D eigenvalue weighted by Crippen LogP contribution is 2.44. The summed E-state index contributed by atoms with van der Waals surface area (Å²) in [6.45, 7) is 12.5. The highest BCUT2D eigenvalue weighted by atomic mass is 32.2. The van der Waals surface area contributed by atoms with Gasteiger partial charge in [-0.15, -0.1) is 11.3 Å². The maximum atomic E-state index is 6.25. The van der Waals surface area contributed by atoms with Gasteiger partial charge in [-0.05, 0) is 39.0 Å². The molecule has 7 nitrogen and oxygen atoms in total. The van der Waals surface area contributed by atoms with E-state index in [-0.39, 0.29) is 5.60 Å². The molecule has 1 fully saturated rings. The lowest BCUT2D eigenvalue weighted by molar-refractivity contribution is -0.0396. The molecule has 5 rings (SSSR count). The molecule has 0 amide bonds. The van der Waals surface area contributed by atoms with Crippen molar-refractivity contribution in [3.63, 3.8) is 0 Å². The van der Waals surface area contributed by atoms with Gasteiger partial charge in [-0.3, -0.25) is 0 Å². The first-order chi connectivity index (χ1) is 15.4. The molecule has 0 aliphatic carbocycles. The Kier molecular flexibility index (Phi) is 5.94. The van der Waals surface area contributed by atoms with Crippen molar-refractivity contribution in [2.45, 2.75) is 63.9 Å². The van der Waals surface area contributed by atoms with E-state index in [2.05, 4.69) is 37.9 Å². The normalized spacial score (nSPS) is 19.3. The van der Waals surface area contributed by atoms with E-state index in [0.717, 1.165) is 71.0 Å². The number of ether oxygens (including phenoxy) is 2. The molecule has 32 heavy (non-hydrogen) atoms. The van der Waals surface area contributed by atoms with Crippen LogP contribution >= 0.6 is 23.1 Å². The summed E-state index contributed by atoms with van der Waals surface area (Å²) in [6, 6.07) is 0.339. The van der Waals surface area contributed by atoms with Gasteiger partial charge < -0.3 is 19.7 Å². The van der Waals surface area contributed by atoms with Crippen LogP contribution < -0.4 is 10.2 Å². The summed E-state index contributed by atoms with van der Waals surface area (Å²) in [5, 5.41) is 5.58. The van der Waals surface area contributed by atoms with Crippen molar-refractivity contribution in [1.29, 1.82) is 0 Å². The summed E-state index contributed by atoms with van der Waals surface area (Å²) >= 11 is 3.29. The second-order valence-corrected chi connectivity index (χ2v) is 11.0. The van der Waals surface area contributed by atoms with Crippen LogP contribution in [0, 0.1) is 0 Å². The molecule has 3 aromatic rings. The Bertz CT molecular complexity index is 1160. The van der Waals surface area contributed by atoms with Crippen LogP contribution in [-0.2, 0) is 22.5 Å². The summed E-state index contributed by atoms with van der Waals surface area (Å²) in [5.41, 5.74) is 3.34. The molecule has 0 bridgehead atoms. The quantitative estimate of drug-likeness (QED) is 0.416. The van der Waals surface area contributed by atoms with Crippen LogP contribution in [0.2, 0.25) is 0 Å². The lowest BCUT2D eigenvalue weighted by Crippen LogP contribution is -2.39. The fourth-order valence-corrected chi connectivity index (χ4v) is 5.86. The topological polar surface area (TPSA) is 72.4 Å². The Labute approximate surface area is 197 Å². The van der Waals surface area contributed by atoms with E-state index < -0.39 is 0 Å². The van der Waals surface area contributed by atoms with E-state index in [9.17, 15) is 0 Å². The van der Waals surface area contributed by atoms with Gasteiger partial charge in [0.05, 0.1) is 35.6 Å². The van der Waals surface area contributed by atoms with Crippen molar-refractivity contribution >= 4 is 55.2 Å². The molecule has 0 aromatic carbocycles. The number of aromatic nitrogens is 3. The zero-order valence-corrected chi connectivity index (χ0v) is 21.1. The number of thiophene rings is 1. The Morgan fingerprint density at radius 1 is 1.19 bits per heavy atom. The number of hydrogen-bond acceptors (Lipinski definition) is 9. The molecule has 3 aromatic heterocycles. The van der Waals surface area contributed by atoms with Gasteiger partial charge in [0.2, 0.25) is 0 Å². The number of fused-ring (bicyclic) bond motifs is 5. The molecule has 1 saturated heterocycles. The average Bonchev–Trinajstić information content (AvgIpc) is 3.17. The van der Waals surface area contributed by atoms with E-state index >= 15 is 0 Å². The van der Waals surface area contributed by atoms with Crippen molar-refractivity contribution in [2.75, 3.05) is 42.8 Å². The molecular formula is C23H31N5O2S2. The highest BCUT2D eigenvalue weighted by molar-refractivity contribution is 7.98. The van der Waals surface area contributed by atoms with Gasteiger partial charge in [-0.2, -0.15) is 0 Å². The second kappa shape index (κ2) is 8.59. The van der Waals surface area contributed by atoms with Crippen molar-refractivity contribution < 1.29 is 9.47 Å². The van der Waals surface area contributed by atoms with Crippen LogP contribution in [0.3, 0.4) is 0 Å². The third-order valence-corrected chi connectivity index (χ3v) is 7.96. The smallest absolute Gasteiger partial charge is 0.189 e. The molecule has 0 spiro atoms. The summed E-state index contributed by atoms with van der Waals surface area (Å²) in [7, 11) is 0. The molecule has 9 heteroatoms. The Balaban J connectivity index is 1.78. The molecule has 1 N–H and O–H groups in total. The number of rotatable bonds is 5. The third kappa shape index (κ3) is 3.93. The number of nitrogens with one attached hydrogen (secondary N) is 1. The maximum absolute atomic E-state index is 6.25. The largest absolute Gasteiger partial charge is 0.378 e. The number of nitrogens with zero attached hydrogens (tertiary/aromatic N) is 4. The molecule has 0 saturated carbocycles. The molecule has 172 valence electrons. The van der Waals surface area contributed by atoms with E-state index in [1.165, 1.54) is 16.5 Å². The van der Waals surface area contributed by atoms with Crippen LogP contribution in [0.25, 0.3) is 20.4 Å². The minimum atomic E-state index is -0.217. The van der Waals surface area contributed by atoms with Gasteiger partial charge in [-0.25, -0.2) is 15.0 Å². The molecule has 2 aliphatic heterocycles.